The standard InChI is InChI=1S/C12H12ClN3O2/c1-2-17-9-5-3-4-6-10(9)18-11-8(13)7-15-12(14)16-11/h3-7H,2H2,1H3,(H2,14,15,16). The van der Waals surface area contributed by atoms with Crippen molar-refractivity contribution < 1.29 is 9.47 Å². The van der Waals surface area contributed by atoms with E-state index in [4.69, 9.17) is 26.8 Å². The molecule has 1 aromatic carbocycles. The summed E-state index contributed by atoms with van der Waals surface area (Å²) < 4.78 is 11.0. The third-order valence-electron chi connectivity index (χ3n) is 2.09. The van der Waals surface area contributed by atoms with Crippen molar-refractivity contribution in [2.75, 3.05) is 12.3 Å². The molecule has 1 aromatic heterocycles. The fourth-order valence-electron chi connectivity index (χ4n) is 1.35. The van der Waals surface area contributed by atoms with E-state index in [0.29, 0.717) is 18.1 Å². The second-order valence-corrected chi connectivity index (χ2v) is 3.77. The molecule has 0 aliphatic heterocycles. The predicted octanol–water partition coefficient (Wildman–Crippen LogP) is 2.90. The first-order valence-corrected chi connectivity index (χ1v) is 5.76. The first-order valence-electron chi connectivity index (χ1n) is 5.38. The number of benzene rings is 1. The highest BCUT2D eigenvalue weighted by atomic mass is 35.5. The Labute approximate surface area is 110 Å². The van der Waals surface area contributed by atoms with Crippen LogP contribution in [0.2, 0.25) is 5.02 Å². The minimum Gasteiger partial charge on any atom is -0.490 e. The van der Waals surface area contributed by atoms with Crippen molar-refractivity contribution >= 4 is 17.5 Å². The first kappa shape index (κ1) is 12.4. The van der Waals surface area contributed by atoms with E-state index in [0.717, 1.165) is 0 Å². The van der Waals surface area contributed by atoms with Gasteiger partial charge in [0, 0.05) is 0 Å². The second kappa shape index (κ2) is 5.55. The lowest BCUT2D eigenvalue weighted by molar-refractivity contribution is 0.319. The zero-order valence-electron chi connectivity index (χ0n) is 9.76. The van der Waals surface area contributed by atoms with Crippen molar-refractivity contribution in [3.8, 4) is 17.4 Å². The summed E-state index contributed by atoms with van der Waals surface area (Å²) in [7, 11) is 0. The number of nitrogen functional groups attached to an aromatic ring is 1. The molecule has 0 aliphatic rings. The van der Waals surface area contributed by atoms with Crippen molar-refractivity contribution in [3.05, 3.63) is 35.5 Å². The lowest BCUT2D eigenvalue weighted by atomic mass is 10.3. The van der Waals surface area contributed by atoms with Crippen LogP contribution >= 0.6 is 11.6 Å². The van der Waals surface area contributed by atoms with E-state index in [-0.39, 0.29) is 16.9 Å². The highest BCUT2D eigenvalue weighted by Gasteiger charge is 2.10. The number of nitrogens with two attached hydrogens (primary N) is 1. The zero-order valence-corrected chi connectivity index (χ0v) is 10.5. The molecule has 0 radical (unpaired) electrons. The van der Waals surface area contributed by atoms with Gasteiger partial charge in [-0.15, -0.1) is 0 Å². The molecule has 0 unspecified atom stereocenters. The van der Waals surface area contributed by atoms with Crippen molar-refractivity contribution in [2.45, 2.75) is 6.92 Å². The third kappa shape index (κ3) is 2.81. The maximum Gasteiger partial charge on any atom is 0.243 e. The topological polar surface area (TPSA) is 70.3 Å². The fraction of sp³-hybridized carbons (Fsp3) is 0.167. The van der Waals surface area contributed by atoms with Gasteiger partial charge in [0.05, 0.1) is 12.8 Å². The monoisotopic (exact) mass is 265 g/mol. The molecule has 5 nitrogen and oxygen atoms in total. The van der Waals surface area contributed by atoms with Crippen LogP contribution in [0, 0.1) is 0 Å². The Kier molecular flexibility index (Phi) is 3.84. The average Bonchev–Trinajstić information content (AvgIpc) is 2.36. The number of rotatable bonds is 4. The highest BCUT2D eigenvalue weighted by Crippen LogP contribution is 2.33. The van der Waals surface area contributed by atoms with Gasteiger partial charge in [0.15, 0.2) is 11.5 Å². The maximum absolute atomic E-state index is 5.93. The largest absolute Gasteiger partial charge is 0.490 e. The Balaban J connectivity index is 2.30. The van der Waals surface area contributed by atoms with Gasteiger partial charge in [0.1, 0.15) is 5.02 Å². The van der Waals surface area contributed by atoms with Crippen molar-refractivity contribution in [1.29, 1.82) is 0 Å². The summed E-state index contributed by atoms with van der Waals surface area (Å²) >= 11 is 5.93. The van der Waals surface area contributed by atoms with Gasteiger partial charge in [-0.3, -0.25) is 0 Å². The smallest absolute Gasteiger partial charge is 0.243 e. The van der Waals surface area contributed by atoms with Crippen LogP contribution in [0.4, 0.5) is 5.95 Å². The van der Waals surface area contributed by atoms with Gasteiger partial charge in [0.2, 0.25) is 11.8 Å². The van der Waals surface area contributed by atoms with E-state index in [1.165, 1.54) is 6.20 Å². The van der Waals surface area contributed by atoms with Crippen LogP contribution in [0.25, 0.3) is 0 Å². The Morgan fingerprint density at radius 1 is 1.28 bits per heavy atom. The molecule has 0 amide bonds. The highest BCUT2D eigenvalue weighted by molar-refractivity contribution is 6.31. The first-order chi connectivity index (χ1) is 8.70. The van der Waals surface area contributed by atoms with Crippen LogP contribution in [-0.4, -0.2) is 16.6 Å². The summed E-state index contributed by atoms with van der Waals surface area (Å²) in [5.74, 6) is 1.45. The molecule has 18 heavy (non-hydrogen) atoms. The van der Waals surface area contributed by atoms with Crippen LogP contribution in [0.3, 0.4) is 0 Å². The van der Waals surface area contributed by atoms with E-state index < -0.39 is 0 Å². The van der Waals surface area contributed by atoms with Crippen molar-refractivity contribution in [1.82, 2.24) is 9.97 Å². The molecule has 0 atom stereocenters. The molecule has 0 saturated carbocycles. The van der Waals surface area contributed by atoms with Gasteiger partial charge < -0.3 is 15.2 Å². The van der Waals surface area contributed by atoms with E-state index in [1.807, 2.05) is 19.1 Å². The summed E-state index contributed by atoms with van der Waals surface area (Å²) in [6, 6.07) is 7.25. The predicted molar refractivity (Wildman–Crippen MR) is 69.1 cm³/mol. The number of para-hydroxylation sites is 2. The molecule has 6 heteroatoms. The molecular weight excluding hydrogens is 254 g/mol. The van der Waals surface area contributed by atoms with E-state index in [9.17, 15) is 0 Å². The van der Waals surface area contributed by atoms with Gasteiger partial charge in [0.25, 0.3) is 0 Å². The summed E-state index contributed by atoms with van der Waals surface area (Å²) in [5.41, 5.74) is 5.49. The minimum absolute atomic E-state index is 0.100. The summed E-state index contributed by atoms with van der Waals surface area (Å²) in [6.45, 7) is 2.44. The van der Waals surface area contributed by atoms with Gasteiger partial charge >= 0.3 is 0 Å². The lowest BCUT2D eigenvalue weighted by Gasteiger charge is -2.11. The molecule has 94 valence electrons. The minimum atomic E-state index is 0.100. The SMILES string of the molecule is CCOc1ccccc1Oc1nc(N)ncc1Cl. The molecule has 1 heterocycles. The Morgan fingerprint density at radius 3 is 2.72 bits per heavy atom. The third-order valence-corrected chi connectivity index (χ3v) is 2.35. The van der Waals surface area contributed by atoms with Crippen LogP contribution < -0.4 is 15.2 Å². The van der Waals surface area contributed by atoms with Gasteiger partial charge in [-0.25, -0.2) is 4.98 Å². The van der Waals surface area contributed by atoms with Crippen molar-refractivity contribution in [3.63, 3.8) is 0 Å². The van der Waals surface area contributed by atoms with Gasteiger partial charge in [-0.2, -0.15) is 4.98 Å². The number of aromatic nitrogens is 2. The normalized spacial score (nSPS) is 10.1. The molecule has 0 aliphatic carbocycles. The molecule has 2 rings (SSSR count). The summed E-state index contributed by atoms with van der Waals surface area (Å²) in [4.78, 5) is 7.69. The molecule has 0 saturated heterocycles. The number of nitrogens with zero attached hydrogens (tertiary/aromatic N) is 2. The second-order valence-electron chi connectivity index (χ2n) is 3.36. The Morgan fingerprint density at radius 2 is 2.00 bits per heavy atom. The molecule has 0 spiro atoms. The molecule has 2 N–H and O–H groups in total. The van der Waals surface area contributed by atoms with Crippen LogP contribution in [0.5, 0.6) is 17.4 Å². The van der Waals surface area contributed by atoms with Crippen LogP contribution in [-0.2, 0) is 0 Å². The molecule has 2 aromatic rings. The van der Waals surface area contributed by atoms with Crippen LogP contribution in [0.1, 0.15) is 6.92 Å². The lowest BCUT2D eigenvalue weighted by Crippen LogP contribution is -1.99. The van der Waals surface area contributed by atoms with Crippen LogP contribution in [0.15, 0.2) is 30.5 Å². The molecular formula is C12H12ClN3O2. The average molecular weight is 266 g/mol. The fourth-order valence-corrected chi connectivity index (χ4v) is 1.48. The van der Waals surface area contributed by atoms with Gasteiger partial charge in [-0.05, 0) is 19.1 Å². The summed E-state index contributed by atoms with van der Waals surface area (Å²) in [6.07, 6.45) is 1.39. The van der Waals surface area contributed by atoms with Gasteiger partial charge in [-0.1, -0.05) is 23.7 Å². The van der Waals surface area contributed by atoms with E-state index in [1.54, 1.807) is 12.1 Å². The maximum atomic E-state index is 5.93. The summed E-state index contributed by atoms with van der Waals surface area (Å²) in [5, 5.41) is 0.288. The zero-order chi connectivity index (χ0) is 13.0. The number of anilines is 1. The Hall–Kier alpha value is -2.01. The number of hydrogen-bond acceptors (Lipinski definition) is 5. The molecule has 0 bridgehead atoms. The number of halogens is 1. The molecule has 0 fully saturated rings. The Bertz CT molecular complexity index is 549. The van der Waals surface area contributed by atoms with Crippen molar-refractivity contribution in [2.24, 2.45) is 0 Å². The number of hydrogen-bond donors (Lipinski definition) is 1. The number of ether oxygens (including phenoxy) is 2. The quantitative estimate of drug-likeness (QED) is 0.920. The van der Waals surface area contributed by atoms with E-state index in [2.05, 4.69) is 9.97 Å². The van der Waals surface area contributed by atoms with E-state index >= 15 is 0 Å².